The van der Waals surface area contributed by atoms with Crippen LogP contribution >= 0.6 is 0 Å². The van der Waals surface area contributed by atoms with Crippen molar-refractivity contribution in [2.24, 2.45) is 0 Å². The fourth-order valence-electron chi connectivity index (χ4n) is 3.86. The van der Waals surface area contributed by atoms with E-state index in [2.05, 4.69) is 41.3 Å². The molecule has 0 spiro atoms. The second-order valence-corrected chi connectivity index (χ2v) is 7.07. The number of nitrogens with zero attached hydrogens (tertiary/aromatic N) is 1. The van der Waals surface area contributed by atoms with E-state index in [0.717, 1.165) is 5.75 Å². The Morgan fingerprint density at radius 1 is 0.870 bits per heavy atom. The second kappa shape index (κ2) is 6.01. The van der Waals surface area contributed by atoms with E-state index >= 15 is 0 Å². The predicted octanol–water partition coefficient (Wildman–Crippen LogP) is 4.49. The number of ether oxygens (including phenoxy) is 1. The molecule has 120 valence electrons. The van der Waals surface area contributed by atoms with Gasteiger partial charge in [-0.05, 0) is 67.6 Å². The molecule has 0 amide bonds. The molecule has 23 heavy (non-hydrogen) atoms. The first kappa shape index (κ1) is 14.8. The van der Waals surface area contributed by atoms with Gasteiger partial charge in [0.15, 0.2) is 0 Å². The molecule has 2 fully saturated rings. The van der Waals surface area contributed by atoms with Gasteiger partial charge in [0.2, 0.25) is 0 Å². The lowest BCUT2D eigenvalue weighted by atomic mass is 9.93. The van der Waals surface area contributed by atoms with Crippen LogP contribution in [0.25, 0.3) is 11.1 Å². The molecule has 4 rings (SSSR count). The molecule has 2 nitrogen and oxygen atoms in total. The van der Waals surface area contributed by atoms with Crippen LogP contribution in [0.15, 0.2) is 48.5 Å². The molecule has 1 saturated heterocycles. The van der Waals surface area contributed by atoms with Crippen LogP contribution in [-0.2, 0) is 5.41 Å². The lowest BCUT2D eigenvalue weighted by Gasteiger charge is -2.23. The van der Waals surface area contributed by atoms with Crippen molar-refractivity contribution in [3.8, 4) is 16.9 Å². The molecule has 0 bridgehead atoms. The molecule has 2 aromatic rings. The molecule has 0 unspecified atom stereocenters. The lowest BCUT2D eigenvalue weighted by Crippen LogP contribution is -2.30. The van der Waals surface area contributed by atoms with Crippen LogP contribution in [0.1, 0.15) is 31.2 Å². The molecule has 2 aromatic carbocycles. The fourth-order valence-corrected chi connectivity index (χ4v) is 3.86. The Bertz CT molecular complexity index is 649. The van der Waals surface area contributed by atoms with Crippen molar-refractivity contribution >= 4 is 0 Å². The Kier molecular flexibility index (Phi) is 3.86. The highest BCUT2D eigenvalue weighted by Gasteiger charge is 2.45. The molecule has 0 N–H and O–H groups in total. The van der Waals surface area contributed by atoms with E-state index < -0.39 is 0 Å². The average Bonchev–Trinajstić information content (AvgIpc) is 3.21. The van der Waals surface area contributed by atoms with Gasteiger partial charge in [0.1, 0.15) is 5.75 Å². The molecule has 1 aliphatic heterocycles. The van der Waals surface area contributed by atoms with Crippen molar-refractivity contribution < 1.29 is 4.74 Å². The summed E-state index contributed by atoms with van der Waals surface area (Å²) in [6, 6.07) is 17.6. The Morgan fingerprint density at radius 2 is 1.43 bits per heavy atom. The second-order valence-electron chi connectivity index (χ2n) is 7.07. The minimum absolute atomic E-state index is 0.447. The van der Waals surface area contributed by atoms with Gasteiger partial charge in [0.25, 0.3) is 0 Å². The summed E-state index contributed by atoms with van der Waals surface area (Å²) in [5, 5.41) is 0. The first-order valence-corrected chi connectivity index (χ1v) is 8.76. The third kappa shape index (κ3) is 3.00. The van der Waals surface area contributed by atoms with E-state index in [1.54, 1.807) is 7.11 Å². The van der Waals surface area contributed by atoms with Gasteiger partial charge in [-0.15, -0.1) is 0 Å². The van der Waals surface area contributed by atoms with Crippen LogP contribution in [0.4, 0.5) is 0 Å². The number of hydrogen-bond acceptors (Lipinski definition) is 2. The Hall–Kier alpha value is -1.80. The van der Waals surface area contributed by atoms with Crippen molar-refractivity contribution in [3.63, 3.8) is 0 Å². The van der Waals surface area contributed by atoms with Crippen LogP contribution in [-0.4, -0.2) is 31.6 Å². The molecular formula is C21H25NO. The van der Waals surface area contributed by atoms with Crippen molar-refractivity contribution in [3.05, 3.63) is 54.1 Å². The monoisotopic (exact) mass is 307 g/mol. The maximum atomic E-state index is 5.24. The van der Waals surface area contributed by atoms with Gasteiger partial charge in [0.05, 0.1) is 7.11 Å². The van der Waals surface area contributed by atoms with Crippen LogP contribution in [0, 0.1) is 0 Å². The van der Waals surface area contributed by atoms with Crippen LogP contribution in [0.2, 0.25) is 0 Å². The van der Waals surface area contributed by atoms with Crippen LogP contribution in [0.3, 0.4) is 0 Å². The Balaban J connectivity index is 1.51. The summed E-state index contributed by atoms with van der Waals surface area (Å²) >= 11 is 0. The normalized spacial score (nSPS) is 19.7. The zero-order valence-electron chi connectivity index (χ0n) is 13.9. The number of benzene rings is 2. The average molecular weight is 307 g/mol. The van der Waals surface area contributed by atoms with Crippen molar-refractivity contribution in [2.75, 3.05) is 26.7 Å². The molecule has 0 aromatic heterocycles. The van der Waals surface area contributed by atoms with Gasteiger partial charge in [-0.3, -0.25) is 0 Å². The van der Waals surface area contributed by atoms with E-state index in [9.17, 15) is 0 Å². The van der Waals surface area contributed by atoms with Gasteiger partial charge in [-0.1, -0.05) is 36.4 Å². The van der Waals surface area contributed by atoms with E-state index in [4.69, 9.17) is 4.74 Å². The van der Waals surface area contributed by atoms with E-state index in [-0.39, 0.29) is 0 Å². The van der Waals surface area contributed by atoms with Gasteiger partial charge in [0, 0.05) is 12.0 Å². The molecule has 1 heterocycles. The van der Waals surface area contributed by atoms with Gasteiger partial charge in [-0.2, -0.15) is 0 Å². The highest BCUT2D eigenvalue weighted by Crippen LogP contribution is 2.49. The molecule has 1 aliphatic carbocycles. The zero-order valence-corrected chi connectivity index (χ0v) is 13.9. The summed E-state index contributed by atoms with van der Waals surface area (Å²) in [7, 11) is 1.71. The first-order valence-electron chi connectivity index (χ1n) is 8.76. The van der Waals surface area contributed by atoms with Crippen molar-refractivity contribution in [1.29, 1.82) is 0 Å². The topological polar surface area (TPSA) is 12.5 Å². The summed E-state index contributed by atoms with van der Waals surface area (Å²) in [6.45, 7) is 3.85. The van der Waals surface area contributed by atoms with Gasteiger partial charge in [-0.25, -0.2) is 0 Å². The van der Waals surface area contributed by atoms with E-state index in [0.29, 0.717) is 5.41 Å². The third-order valence-electron chi connectivity index (χ3n) is 5.50. The maximum absolute atomic E-state index is 5.24. The lowest BCUT2D eigenvalue weighted by molar-refractivity contribution is 0.305. The highest BCUT2D eigenvalue weighted by atomic mass is 16.5. The molecule has 2 heteroatoms. The molecule has 0 atom stereocenters. The number of likely N-dealkylation sites (tertiary alicyclic amines) is 1. The minimum atomic E-state index is 0.447. The molecular weight excluding hydrogens is 282 g/mol. The molecule has 2 aliphatic rings. The summed E-state index contributed by atoms with van der Waals surface area (Å²) in [4.78, 5) is 2.66. The quantitative estimate of drug-likeness (QED) is 0.807. The van der Waals surface area contributed by atoms with Crippen LogP contribution in [0.5, 0.6) is 5.75 Å². The van der Waals surface area contributed by atoms with Gasteiger partial charge < -0.3 is 9.64 Å². The zero-order chi connectivity index (χ0) is 15.7. The van der Waals surface area contributed by atoms with Crippen molar-refractivity contribution in [2.45, 2.75) is 31.1 Å². The summed E-state index contributed by atoms with van der Waals surface area (Å²) < 4.78 is 5.24. The number of hydrogen-bond donors (Lipinski definition) is 0. The molecule has 0 radical (unpaired) electrons. The largest absolute Gasteiger partial charge is 0.497 e. The summed E-state index contributed by atoms with van der Waals surface area (Å²) in [5.74, 6) is 0.910. The summed E-state index contributed by atoms with van der Waals surface area (Å²) in [5.41, 5.74) is 4.51. The van der Waals surface area contributed by atoms with Crippen LogP contribution < -0.4 is 4.74 Å². The maximum Gasteiger partial charge on any atom is 0.118 e. The Morgan fingerprint density at radius 3 is 1.96 bits per heavy atom. The van der Waals surface area contributed by atoms with E-state index in [1.807, 2.05) is 12.1 Å². The number of rotatable bonds is 5. The van der Waals surface area contributed by atoms with Crippen molar-refractivity contribution in [1.82, 2.24) is 4.90 Å². The Labute approximate surface area is 139 Å². The predicted molar refractivity (Wildman–Crippen MR) is 95.0 cm³/mol. The molecule has 1 saturated carbocycles. The van der Waals surface area contributed by atoms with E-state index in [1.165, 1.54) is 62.0 Å². The standard InChI is InChI=1S/C21H25NO/c1-23-20-10-6-18(7-11-20)17-4-8-19(9-5-17)21(12-13-21)16-22-14-2-3-15-22/h4-11H,2-3,12-16H2,1H3. The highest BCUT2D eigenvalue weighted by molar-refractivity contribution is 5.64. The van der Waals surface area contributed by atoms with Gasteiger partial charge >= 0.3 is 0 Å². The third-order valence-corrected chi connectivity index (χ3v) is 5.50. The minimum Gasteiger partial charge on any atom is -0.497 e. The fraction of sp³-hybridized carbons (Fsp3) is 0.429. The smallest absolute Gasteiger partial charge is 0.118 e. The SMILES string of the molecule is COc1ccc(-c2ccc(C3(CN4CCCC4)CC3)cc2)cc1. The summed E-state index contributed by atoms with van der Waals surface area (Å²) in [6.07, 6.45) is 5.47. The number of methoxy groups -OCH3 is 1. The first-order chi connectivity index (χ1) is 11.3.